The Morgan fingerprint density at radius 2 is 2.07 bits per heavy atom. The van der Waals surface area contributed by atoms with E-state index in [1.807, 2.05) is 0 Å². The number of nitrogens with one attached hydrogen (secondary N) is 2. The number of anilines is 2. The molecule has 9 heteroatoms. The van der Waals surface area contributed by atoms with Gasteiger partial charge in [-0.05, 0) is 43.2 Å². The van der Waals surface area contributed by atoms with Gasteiger partial charge in [-0.25, -0.2) is 24.1 Å². The Morgan fingerprint density at radius 3 is 2.80 bits per heavy atom. The second-order valence-corrected chi connectivity index (χ2v) is 7.87. The van der Waals surface area contributed by atoms with Crippen LogP contribution in [0.2, 0.25) is 0 Å². The maximum absolute atomic E-state index is 13.7. The molecule has 0 spiro atoms. The Balaban J connectivity index is 1.66. The van der Waals surface area contributed by atoms with Crippen molar-refractivity contribution in [1.82, 2.24) is 15.0 Å². The number of nitrogens with zero attached hydrogens (tertiary/aromatic N) is 3. The van der Waals surface area contributed by atoms with Crippen LogP contribution >= 0.6 is 11.6 Å². The highest BCUT2D eigenvalue weighted by molar-refractivity contribution is 6.22. The first kappa shape index (κ1) is 18.7. The number of aromatic carboxylic acids is 1. The molecule has 1 saturated carbocycles. The van der Waals surface area contributed by atoms with Gasteiger partial charge in [-0.1, -0.05) is 6.07 Å². The summed E-state index contributed by atoms with van der Waals surface area (Å²) in [6.45, 7) is 0. The minimum atomic E-state index is -1.26. The minimum Gasteiger partial charge on any atom is -0.478 e. The summed E-state index contributed by atoms with van der Waals surface area (Å²) in [4.78, 5) is 25.1. The number of hydrogen-bond donors (Lipinski definition) is 3. The van der Waals surface area contributed by atoms with Crippen molar-refractivity contribution < 1.29 is 14.3 Å². The molecule has 0 radical (unpaired) electrons. The third-order valence-corrected chi connectivity index (χ3v) is 5.42. The van der Waals surface area contributed by atoms with E-state index < -0.39 is 17.5 Å². The highest BCUT2D eigenvalue weighted by Gasteiger charge is 2.23. The minimum absolute atomic E-state index is 0.131. The van der Waals surface area contributed by atoms with Gasteiger partial charge in [-0.15, -0.1) is 11.6 Å². The Kier molecular flexibility index (Phi) is 4.51. The van der Waals surface area contributed by atoms with Gasteiger partial charge >= 0.3 is 5.97 Å². The zero-order chi connectivity index (χ0) is 20.8. The third-order valence-electron chi connectivity index (χ3n) is 5.06. The molecule has 3 N–H and O–H groups in total. The van der Waals surface area contributed by atoms with Crippen molar-refractivity contribution in [3.05, 3.63) is 53.9 Å². The Hall–Kier alpha value is -3.26. The van der Waals surface area contributed by atoms with Crippen molar-refractivity contribution in [2.24, 2.45) is 0 Å². The normalized spacial score (nSPS) is 20.9. The summed E-state index contributed by atoms with van der Waals surface area (Å²) >= 11 is 6.02. The molecule has 2 atom stereocenters. The molecule has 1 aromatic carbocycles. The van der Waals surface area contributed by atoms with Crippen LogP contribution in [-0.4, -0.2) is 43.6 Å². The van der Waals surface area contributed by atoms with Crippen LogP contribution in [0.15, 0.2) is 48.3 Å². The number of benzene rings is 1. The van der Waals surface area contributed by atoms with Crippen LogP contribution in [0, 0.1) is 0 Å². The van der Waals surface area contributed by atoms with Gasteiger partial charge in [0.25, 0.3) is 0 Å². The van der Waals surface area contributed by atoms with Crippen LogP contribution in [0.1, 0.15) is 23.2 Å². The Morgan fingerprint density at radius 1 is 1.23 bits per heavy atom. The van der Waals surface area contributed by atoms with Crippen molar-refractivity contribution in [3.8, 4) is 0 Å². The number of alkyl halides is 2. The summed E-state index contributed by atoms with van der Waals surface area (Å²) in [6, 6.07) is 5.12. The van der Waals surface area contributed by atoms with E-state index in [0.717, 1.165) is 23.6 Å². The number of carbonyl (C=O) groups is 1. The van der Waals surface area contributed by atoms with E-state index in [0.29, 0.717) is 34.5 Å². The molecule has 0 amide bonds. The lowest BCUT2D eigenvalue weighted by Crippen LogP contribution is -2.17. The highest BCUT2D eigenvalue weighted by atomic mass is 35.5. The first-order valence-electron chi connectivity index (χ1n) is 9.53. The molecule has 2 aromatic heterocycles. The summed E-state index contributed by atoms with van der Waals surface area (Å²) < 4.78 is 13.7. The largest absolute Gasteiger partial charge is 0.478 e. The Labute approximate surface area is 175 Å². The fourth-order valence-corrected chi connectivity index (χ4v) is 3.55. The number of fused-ring (bicyclic) bond motifs is 3. The first-order chi connectivity index (χ1) is 14.5. The summed E-state index contributed by atoms with van der Waals surface area (Å²) in [5.41, 5.74) is 1.78. The van der Waals surface area contributed by atoms with Gasteiger partial charge in [0.15, 0.2) is 5.82 Å². The standard InChI is InChI=1S/C21H17ClFN5O2/c22-15-8-12(4-6-16(15)23)25-19-18-14(9-24-21(28-18)26-11-2-3-11)13-5-1-10(20(29)30)7-17(13)27-19/h1,4-9,11,15-16H,2-3H2,(H,25,27)(H,29,30)(H,24,26,28). The SMILES string of the molecule is O=C(O)c1ccc2c(c1)nc(NC1=CC(Cl)C(F)C=C1)c1nc(NC3CC3)ncc12. The fraction of sp³-hybridized carbons (Fsp3) is 0.238. The smallest absolute Gasteiger partial charge is 0.335 e. The van der Waals surface area contributed by atoms with Crippen LogP contribution in [0.3, 0.4) is 0 Å². The van der Waals surface area contributed by atoms with E-state index in [2.05, 4.69) is 25.6 Å². The summed E-state index contributed by atoms with van der Waals surface area (Å²) in [7, 11) is 0. The van der Waals surface area contributed by atoms with Crippen LogP contribution < -0.4 is 10.6 Å². The maximum atomic E-state index is 13.7. The topological polar surface area (TPSA) is 100 Å². The number of rotatable bonds is 5. The molecular formula is C21H17ClFN5O2. The molecule has 2 aliphatic carbocycles. The predicted octanol–water partition coefficient (Wildman–Crippen LogP) is 4.26. The molecule has 0 saturated heterocycles. The van der Waals surface area contributed by atoms with E-state index in [4.69, 9.17) is 11.6 Å². The lowest BCUT2D eigenvalue weighted by atomic mass is 10.1. The van der Waals surface area contributed by atoms with E-state index >= 15 is 0 Å². The fourth-order valence-electron chi connectivity index (χ4n) is 3.33. The molecule has 152 valence electrons. The quantitative estimate of drug-likeness (QED) is 0.414. The summed E-state index contributed by atoms with van der Waals surface area (Å²) in [6.07, 6.45) is 7.16. The van der Waals surface area contributed by atoms with Crippen molar-refractivity contribution >= 4 is 51.1 Å². The second kappa shape index (κ2) is 7.21. The van der Waals surface area contributed by atoms with E-state index in [1.165, 1.54) is 18.2 Å². The van der Waals surface area contributed by atoms with Crippen molar-refractivity contribution in [2.75, 3.05) is 10.6 Å². The zero-order valence-electron chi connectivity index (χ0n) is 15.6. The van der Waals surface area contributed by atoms with Crippen LogP contribution in [0.4, 0.5) is 16.2 Å². The predicted molar refractivity (Wildman–Crippen MR) is 114 cm³/mol. The molecular weight excluding hydrogens is 409 g/mol. The molecule has 2 heterocycles. The van der Waals surface area contributed by atoms with Gasteiger partial charge in [0.05, 0.1) is 16.5 Å². The number of allylic oxidation sites excluding steroid dienone is 3. The molecule has 2 aliphatic rings. The van der Waals surface area contributed by atoms with Crippen LogP contribution in [0.5, 0.6) is 0 Å². The maximum Gasteiger partial charge on any atom is 0.335 e. The second-order valence-electron chi connectivity index (χ2n) is 7.37. The average molecular weight is 426 g/mol. The molecule has 0 bridgehead atoms. The molecule has 2 unspecified atom stereocenters. The molecule has 1 fully saturated rings. The lowest BCUT2D eigenvalue weighted by molar-refractivity contribution is 0.0697. The number of hydrogen-bond acceptors (Lipinski definition) is 6. The van der Waals surface area contributed by atoms with Gasteiger partial charge in [0.2, 0.25) is 5.95 Å². The third kappa shape index (κ3) is 3.54. The van der Waals surface area contributed by atoms with Crippen LogP contribution in [0.25, 0.3) is 21.8 Å². The number of halogens is 2. The molecule has 7 nitrogen and oxygen atoms in total. The van der Waals surface area contributed by atoms with Gasteiger partial charge < -0.3 is 15.7 Å². The van der Waals surface area contributed by atoms with Gasteiger partial charge in [-0.3, -0.25) is 0 Å². The number of pyridine rings is 1. The molecule has 3 aromatic rings. The van der Waals surface area contributed by atoms with Gasteiger partial charge in [-0.2, -0.15) is 0 Å². The van der Waals surface area contributed by atoms with E-state index in [1.54, 1.807) is 24.4 Å². The summed E-state index contributed by atoms with van der Waals surface area (Å²) in [5.74, 6) is -0.118. The molecule has 5 rings (SSSR count). The number of carboxylic acids is 1. The first-order valence-corrected chi connectivity index (χ1v) is 9.97. The van der Waals surface area contributed by atoms with Crippen molar-refractivity contribution in [1.29, 1.82) is 0 Å². The Bertz CT molecular complexity index is 1240. The van der Waals surface area contributed by atoms with Crippen molar-refractivity contribution in [2.45, 2.75) is 30.4 Å². The van der Waals surface area contributed by atoms with Crippen LogP contribution in [-0.2, 0) is 0 Å². The average Bonchev–Trinajstić information content (AvgIpc) is 3.54. The lowest BCUT2D eigenvalue weighted by Gasteiger charge is -2.17. The van der Waals surface area contributed by atoms with Crippen molar-refractivity contribution in [3.63, 3.8) is 0 Å². The van der Waals surface area contributed by atoms with E-state index in [-0.39, 0.29) is 5.56 Å². The number of carboxylic acid groups (broad SMARTS) is 1. The zero-order valence-corrected chi connectivity index (χ0v) is 16.4. The van der Waals surface area contributed by atoms with Gasteiger partial charge in [0.1, 0.15) is 11.7 Å². The summed E-state index contributed by atoms with van der Waals surface area (Å²) in [5, 5.41) is 16.4. The highest BCUT2D eigenvalue weighted by Crippen LogP contribution is 2.31. The molecule has 0 aliphatic heterocycles. The van der Waals surface area contributed by atoms with E-state index in [9.17, 15) is 14.3 Å². The molecule has 30 heavy (non-hydrogen) atoms. The number of aromatic nitrogens is 3. The monoisotopic (exact) mass is 425 g/mol. The van der Waals surface area contributed by atoms with Gasteiger partial charge in [0, 0.05) is 28.7 Å².